The molecule has 0 atom stereocenters. The molecule has 4 N–H and O–H groups in total. The molecule has 2 heterocycles. The summed E-state index contributed by atoms with van der Waals surface area (Å²) in [6, 6.07) is 1.41. The van der Waals surface area contributed by atoms with E-state index in [9.17, 15) is 4.79 Å². The Labute approximate surface area is 111 Å². The smallest absolute Gasteiger partial charge is 0.339 e. The monoisotopic (exact) mass is 266 g/mol. The number of hydrogen-bond donors (Lipinski definition) is 3. The zero-order valence-electron chi connectivity index (χ0n) is 10.6. The Hall–Kier alpha value is -1.86. The first-order chi connectivity index (χ1) is 9.16. The summed E-state index contributed by atoms with van der Waals surface area (Å²) >= 11 is 0. The van der Waals surface area contributed by atoms with Gasteiger partial charge in [0.25, 0.3) is 0 Å². The number of nitrogens with one attached hydrogen (secondary N) is 1. The minimum Gasteiger partial charge on any atom is -0.478 e. The number of ether oxygens (including phenoxy) is 1. The van der Waals surface area contributed by atoms with Crippen LogP contribution in [0.5, 0.6) is 0 Å². The number of nitrogen functional groups attached to an aromatic ring is 1. The van der Waals surface area contributed by atoms with E-state index in [0.717, 1.165) is 32.8 Å². The predicted molar refractivity (Wildman–Crippen MR) is 71.4 cm³/mol. The van der Waals surface area contributed by atoms with Crippen LogP contribution in [-0.2, 0) is 4.74 Å². The molecule has 104 valence electrons. The van der Waals surface area contributed by atoms with Crippen molar-refractivity contribution in [2.45, 2.75) is 0 Å². The van der Waals surface area contributed by atoms with Crippen molar-refractivity contribution in [3.05, 3.63) is 17.8 Å². The Morgan fingerprint density at radius 3 is 2.95 bits per heavy atom. The second kappa shape index (κ2) is 6.35. The summed E-state index contributed by atoms with van der Waals surface area (Å²) in [6.45, 7) is 4.78. The number of pyridine rings is 1. The Kier molecular flexibility index (Phi) is 4.53. The zero-order chi connectivity index (χ0) is 13.7. The number of nitrogens with two attached hydrogens (primary N) is 1. The third-order valence-corrected chi connectivity index (χ3v) is 2.96. The van der Waals surface area contributed by atoms with Gasteiger partial charge < -0.3 is 20.9 Å². The second-order valence-electron chi connectivity index (χ2n) is 4.35. The number of aromatic carboxylic acids is 1. The number of carbonyl (C=O) groups is 1. The van der Waals surface area contributed by atoms with Gasteiger partial charge in [-0.1, -0.05) is 0 Å². The van der Waals surface area contributed by atoms with Crippen LogP contribution in [0.15, 0.2) is 12.3 Å². The third kappa shape index (κ3) is 3.80. The number of hydrogen-bond acceptors (Lipinski definition) is 6. The number of carboxylic acids is 1. The van der Waals surface area contributed by atoms with Crippen molar-refractivity contribution in [3.8, 4) is 0 Å². The summed E-state index contributed by atoms with van der Waals surface area (Å²) in [4.78, 5) is 17.4. The fraction of sp³-hybridized carbons (Fsp3) is 0.500. The molecular formula is C12H18N4O3. The van der Waals surface area contributed by atoms with E-state index in [1.165, 1.54) is 12.3 Å². The van der Waals surface area contributed by atoms with Crippen LogP contribution in [0.1, 0.15) is 10.4 Å². The summed E-state index contributed by atoms with van der Waals surface area (Å²) in [5, 5.41) is 12.1. The molecule has 1 fully saturated rings. The molecule has 19 heavy (non-hydrogen) atoms. The molecule has 1 aromatic rings. The van der Waals surface area contributed by atoms with Crippen LogP contribution in [0.25, 0.3) is 0 Å². The molecule has 0 aromatic carbocycles. The summed E-state index contributed by atoms with van der Waals surface area (Å²) in [5.41, 5.74) is 5.98. The molecular weight excluding hydrogens is 248 g/mol. The van der Waals surface area contributed by atoms with E-state index in [0.29, 0.717) is 18.1 Å². The van der Waals surface area contributed by atoms with Gasteiger partial charge in [0.1, 0.15) is 11.4 Å². The van der Waals surface area contributed by atoms with Gasteiger partial charge in [0.2, 0.25) is 0 Å². The maximum absolute atomic E-state index is 11.1. The third-order valence-electron chi connectivity index (χ3n) is 2.96. The van der Waals surface area contributed by atoms with Gasteiger partial charge in [-0.3, -0.25) is 4.90 Å². The molecule has 7 nitrogen and oxygen atoms in total. The summed E-state index contributed by atoms with van der Waals surface area (Å²) in [5.74, 6) is -0.677. The van der Waals surface area contributed by atoms with E-state index >= 15 is 0 Å². The van der Waals surface area contributed by atoms with Crippen molar-refractivity contribution in [1.29, 1.82) is 0 Å². The maximum Gasteiger partial charge on any atom is 0.339 e. The van der Waals surface area contributed by atoms with Gasteiger partial charge in [-0.15, -0.1) is 0 Å². The van der Waals surface area contributed by atoms with Gasteiger partial charge in [-0.2, -0.15) is 0 Å². The second-order valence-corrected chi connectivity index (χ2v) is 4.35. The van der Waals surface area contributed by atoms with Gasteiger partial charge >= 0.3 is 5.97 Å². The Balaban J connectivity index is 1.89. The summed E-state index contributed by atoms with van der Waals surface area (Å²) < 4.78 is 5.26. The highest BCUT2D eigenvalue weighted by Gasteiger charge is 2.13. The molecule has 0 aliphatic carbocycles. The van der Waals surface area contributed by atoms with Gasteiger partial charge in [0.15, 0.2) is 0 Å². The number of morpholine rings is 1. The van der Waals surface area contributed by atoms with E-state index < -0.39 is 5.97 Å². The Bertz CT molecular complexity index is 447. The van der Waals surface area contributed by atoms with Crippen LogP contribution in [0, 0.1) is 0 Å². The number of aromatic nitrogens is 1. The van der Waals surface area contributed by atoms with Gasteiger partial charge in [-0.05, 0) is 6.07 Å². The largest absolute Gasteiger partial charge is 0.478 e. The van der Waals surface area contributed by atoms with Crippen molar-refractivity contribution >= 4 is 17.5 Å². The number of carboxylic acid groups (broad SMARTS) is 1. The lowest BCUT2D eigenvalue weighted by Gasteiger charge is -2.26. The highest BCUT2D eigenvalue weighted by molar-refractivity contribution is 5.94. The van der Waals surface area contributed by atoms with E-state index in [4.69, 9.17) is 15.6 Å². The predicted octanol–water partition coefficient (Wildman–Crippen LogP) is 0.106. The highest BCUT2D eigenvalue weighted by atomic mass is 16.5. The highest BCUT2D eigenvalue weighted by Crippen LogP contribution is 2.15. The van der Waals surface area contributed by atoms with Crippen molar-refractivity contribution in [1.82, 2.24) is 9.88 Å². The molecule has 1 aliphatic heterocycles. The lowest BCUT2D eigenvalue weighted by atomic mass is 10.2. The average molecular weight is 266 g/mol. The van der Waals surface area contributed by atoms with Crippen LogP contribution in [0.2, 0.25) is 0 Å². The lowest BCUT2D eigenvalue weighted by molar-refractivity contribution is 0.0398. The molecule has 0 spiro atoms. The molecule has 2 rings (SSSR count). The molecule has 0 unspecified atom stereocenters. The standard InChI is InChI=1S/C12H18N4O3/c13-9-7-10(12(17)18)11(15-8-9)14-1-2-16-3-5-19-6-4-16/h7-8H,1-6,13H2,(H,14,15)(H,17,18). The van der Waals surface area contributed by atoms with Crippen LogP contribution in [0.4, 0.5) is 11.5 Å². The van der Waals surface area contributed by atoms with Crippen molar-refractivity contribution in [2.75, 3.05) is 50.4 Å². The minimum atomic E-state index is -1.03. The van der Waals surface area contributed by atoms with Crippen LogP contribution < -0.4 is 11.1 Å². The van der Waals surface area contributed by atoms with Crippen LogP contribution in [-0.4, -0.2) is 60.4 Å². The summed E-state index contributed by atoms with van der Waals surface area (Å²) in [6.07, 6.45) is 1.45. The van der Waals surface area contributed by atoms with E-state index in [1.54, 1.807) is 0 Å². The quantitative estimate of drug-likeness (QED) is 0.695. The summed E-state index contributed by atoms with van der Waals surface area (Å²) in [7, 11) is 0. The van der Waals surface area contributed by atoms with Gasteiger partial charge in [0.05, 0.1) is 25.1 Å². The van der Waals surface area contributed by atoms with E-state index in [2.05, 4.69) is 15.2 Å². The molecule has 7 heteroatoms. The molecule has 0 radical (unpaired) electrons. The van der Waals surface area contributed by atoms with Gasteiger partial charge in [-0.25, -0.2) is 9.78 Å². The minimum absolute atomic E-state index is 0.0991. The molecule has 1 aromatic heterocycles. The molecule has 0 bridgehead atoms. The number of nitrogens with zero attached hydrogens (tertiary/aromatic N) is 2. The SMILES string of the molecule is Nc1cnc(NCCN2CCOCC2)c(C(=O)O)c1. The molecule has 1 aliphatic rings. The first kappa shape index (κ1) is 13.6. The first-order valence-electron chi connectivity index (χ1n) is 6.19. The topological polar surface area (TPSA) is 101 Å². The van der Waals surface area contributed by atoms with Crippen molar-refractivity contribution in [3.63, 3.8) is 0 Å². The van der Waals surface area contributed by atoms with Crippen molar-refractivity contribution < 1.29 is 14.6 Å². The fourth-order valence-electron chi connectivity index (χ4n) is 1.94. The number of anilines is 2. The van der Waals surface area contributed by atoms with Crippen LogP contribution in [0.3, 0.4) is 0 Å². The van der Waals surface area contributed by atoms with E-state index in [1.807, 2.05) is 0 Å². The average Bonchev–Trinajstić information content (AvgIpc) is 2.41. The van der Waals surface area contributed by atoms with Crippen LogP contribution >= 0.6 is 0 Å². The number of rotatable bonds is 5. The molecule has 0 amide bonds. The normalized spacial score (nSPS) is 16.2. The van der Waals surface area contributed by atoms with Crippen molar-refractivity contribution in [2.24, 2.45) is 0 Å². The first-order valence-corrected chi connectivity index (χ1v) is 6.19. The Morgan fingerprint density at radius 2 is 2.26 bits per heavy atom. The molecule has 0 saturated carbocycles. The fourth-order valence-corrected chi connectivity index (χ4v) is 1.94. The zero-order valence-corrected chi connectivity index (χ0v) is 10.6. The Morgan fingerprint density at radius 1 is 1.53 bits per heavy atom. The van der Waals surface area contributed by atoms with E-state index in [-0.39, 0.29) is 5.56 Å². The lowest BCUT2D eigenvalue weighted by Crippen LogP contribution is -2.39. The van der Waals surface area contributed by atoms with Gasteiger partial charge in [0, 0.05) is 26.2 Å². The maximum atomic E-state index is 11.1. The molecule has 1 saturated heterocycles.